The molecule has 2 heterocycles. The third-order valence-corrected chi connectivity index (χ3v) is 2.41. The maximum Gasteiger partial charge on any atom is 0.150 e. The Kier molecular flexibility index (Phi) is 3.77. The first-order valence-corrected chi connectivity index (χ1v) is 5.63. The average Bonchev–Trinajstić information content (AvgIpc) is 2.90. The fraction of sp³-hybridized carbons (Fsp3) is 0.417. The van der Waals surface area contributed by atoms with Crippen LogP contribution >= 0.6 is 0 Å². The summed E-state index contributed by atoms with van der Waals surface area (Å²) in [7, 11) is 0. The molecule has 2 aromatic heterocycles. The molecule has 0 aromatic carbocycles. The molecule has 0 spiro atoms. The molecule has 0 radical (unpaired) electrons. The molecule has 0 fully saturated rings. The van der Waals surface area contributed by atoms with Crippen LogP contribution in [0.25, 0.3) is 0 Å². The van der Waals surface area contributed by atoms with Crippen molar-refractivity contribution in [2.45, 2.75) is 33.0 Å². The normalized spacial score (nSPS) is 10.8. The molecule has 4 nitrogen and oxygen atoms in total. The SMILES string of the molecule is CCCn1ccc(CNCc2ccno2)c1. The molecule has 0 aliphatic heterocycles. The van der Waals surface area contributed by atoms with E-state index in [4.69, 9.17) is 4.52 Å². The maximum atomic E-state index is 5.00. The second-order valence-electron chi connectivity index (χ2n) is 3.84. The fourth-order valence-electron chi connectivity index (χ4n) is 1.66. The zero-order chi connectivity index (χ0) is 11.2. The van der Waals surface area contributed by atoms with Crippen LogP contribution in [0.3, 0.4) is 0 Å². The Bertz CT molecular complexity index is 406. The summed E-state index contributed by atoms with van der Waals surface area (Å²) in [5.74, 6) is 0.869. The van der Waals surface area contributed by atoms with Gasteiger partial charge in [0.05, 0.1) is 12.7 Å². The molecule has 1 N–H and O–H groups in total. The largest absolute Gasteiger partial charge is 0.360 e. The molecule has 0 bridgehead atoms. The van der Waals surface area contributed by atoms with E-state index in [0.717, 1.165) is 25.4 Å². The molecule has 4 heteroatoms. The van der Waals surface area contributed by atoms with Gasteiger partial charge in [0.15, 0.2) is 0 Å². The highest BCUT2D eigenvalue weighted by molar-refractivity contribution is 5.10. The number of hydrogen-bond donors (Lipinski definition) is 1. The molecular weight excluding hydrogens is 202 g/mol. The lowest BCUT2D eigenvalue weighted by Crippen LogP contribution is -2.11. The molecule has 16 heavy (non-hydrogen) atoms. The Labute approximate surface area is 95.2 Å². The van der Waals surface area contributed by atoms with Crippen molar-refractivity contribution in [1.82, 2.24) is 15.0 Å². The predicted molar refractivity (Wildman–Crippen MR) is 61.8 cm³/mol. The van der Waals surface area contributed by atoms with Gasteiger partial charge in [0.1, 0.15) is 5.76 Å². The van der Waals surface area contributed by atoms with Crippen molar-refractivity contribution < 1.29 is 4.52 Å². The average molecular weight is 219 g/mol. The standard InChI is InChI=1S/C12H17N3O/c1-2-6-15-7-4-11(10-15)8-13-9-12-3-5-14-16-12/h3-5,7,10,13H,2,6,8-9H2,1H3. The van der Waals surface area contributed by atoms with Crippen molar-refractivity contribution in [1.29, 1.82) is 0 Å². The van der Waals surface area contributed by atoms with Gasteiger partial charge >= 0.3 is 0 Å². The van der Waals surface area contributed by atoms with Crippen LogP contribution in [0, 0.1) is 0 Å². The van der Waals surface area contributed by atoms with Gasteiger partial charge < -0.3 is 14.4 Å². The lowest BCUT2D eigenvalue weighted by atomic mass is 10.3. The van der Waals surface area contributed by atoms with Crippen LogP contribution in [-0.2, 0) is 19.6 Å². The Morgan fingerprint density at radius 3 is 3.06 bits per heavy atom. The van der Waals surface area contributed by atoms with Crippen LogP contribution < -0.4 is 5.32 Å². The highest BCUT2D eigenvalue weighted by atomic mass is 16.5. The highest BCUT2D eigenvalue weighted by Crippen LogP contribution is 2.03. The summed E-state index contributed by atoms with van der Waals surface area (Å²) < 4.78 is 7.21. The first-order valence-electron chi connectivity index (χ1n) is 5.63. The van der Waals surface area contributed by atoms with Crippen molar-refractivity contribution in [3.05, 3.63) is 42.0 Å². The number of rotatable bonds is 6. The molecule has 0 aliphatic carbocycles. The summed E-state index contributed by atoms with van der Waals surface area (Å²) in [6, 6.07) is 4.01. The van der Waals surface area contributed by atoms with Gasteiger partial charge in [0, 0.05) is 31.5 Å². The van der Waals surface area contributed by atoms with Crippen molar-refractivity contribution in [3.8, 4) is 0 Å². The van der Waals surface area contributed by atoms with Gasteiger partial charge in [-0.1, -0.05) is 12.1 Å². The van der Waals surface area contributed by atoms with Crippen molar-refractivity contribution in [2.75, 3.05) is 0 Å². The third kappa shape index (κ3) is 2.97. The summed E-state index contributed by atoms with van der Waals surface area (Å²) in [6.07, 6.45) is 7.13. The molecule has 0 unspecified atom stereocenters. The summed E-state index contributed by atoms with van der Waals surface area (Å²) in [5, 5.41) is 6.97. The minimum atomic E-state index is 0.721. The molecular formula is C12H17N3O. The summed E-state index contributed by atoms with van der Waals surface area (Å²) in [6.45, 7) is 4.85. The number of aryl methyl sites for hydroxylation is 1. The third-order valence-electron chi connectivity index (χ3n) is 2.41. The summed E-state index contributed by atoms with van der Waals surface area (Å²) >= 11 is 0. The van der Waals surface area contributed by atoms with Crippen LogP contribution in [0.2, 0.25) is 0 Å². The zero-order valence-electron chi connectivity index (χ0n) is 9.52. The topological polar surface area (TPSA) is 43.0 Å². The van der Waals surface area contributed by atoms with Crippen LogP contribution in [0.15, 0.2) is 35.2 Å². The number of aromatic nitrogens is 2. The lowest BCUT2D eigenvalue weighted by molar-refractivity contribution is 0.373. The first kappa shape index (κ1) is 11.0. The molecule has 0 amide bonds. The van der Waals surface area contributed by atoms with Crippen LogP contribution in [0.5, 0.6) is 0 Å². The van der Waals surface area contributed by atoms with Gasteiger partial charge in [-0.05, 0) is 18.1 Å². The van der Waals surface area contributed by atoms with Crippen LogP contribution in [-0.4, -0.2) is 9.72 Å². The van der Waals surface area contributed by atoms with E-state index in [1.165, 1.54) is 12.0 Å². The van der Waals surface area contributed by atoms with Crippen LogP contribution in [0.1, 0.15) is 24.7 Å². The number of nitrogens with one attached hydrogen (secondary N) is 1. The first-order chi connectivity index (χ1) is 7.88. The molecule has 2 aromatic rings. The number of nitrogens with zero attached hydrogens (tertiary/aromatic N) is 2. The highest BCUT2D eigenvalue weighted by Gasteiger charge is 1.98. The monoisotopic (exact) mass is 219 g/mol. The van der Waals surface area contributed by atoms with E-state index in [2.05, 4.69) is 40.4 Å². The van der Waals surface area contributed by atoms with Crippen LogP contribution in [0.4, 0.5) is 0 Å². The lowest BCUT2D eigenvalue weighted by Gasteiger charge is -2.00. The van der Waals surface area contributed by atoms with E-state index >= 15 is 0 Å². The maximum absolute atomic E-state index is 5.00. The van der Waals surface area contributed by atoms with E-state index in [9.17, 15) is 0 Å². The minimum Gasteiger partial charge on any atom is -0.360 e. The van der Waals surface area contributed by atoms with Crippen molar-refractivity contribution in [2.24, 2.45) is 0 Å². The molecule has 0 saturated heterocycles. The minimum absolute atomic E-state index is 0.721. The van der Waals surface area contributed by atoms with Gasteiger partial charge in [-0.25, -0.2) is 0 Å². The van der Waals surface area contributed by atoms with E-state index < -0.39 is 0 Å². The van der Waals surface area contributed by atoms with E-state index in [1.807, 2.05) is 6.07 Å². The summed E-state index contributed by atoms with van der Waals surface area (Å²) in [4.78, 5) is 0. The Morgan fingerprint density at radius 1 is 1.38 bits per heavy atom. The molecule has 86 valence electrons. The van der Waals surface area contributed by atoms with E-state index in [-0.39, 0.29) is 0 Å². The van der Waals surface area contributed by atoms with Gasteiger partial charge in [0.2, 0.25) is 0 Å². The fourth-order valence-corrected chi connectivity index (χ4v) is 1.66. The quantitative estimate of drug-likeness (QED) is 0.809. The summed E-state index contributed by atoms with van der Waals surface area (Å²) in [5.41, 5.74) is 1.30. The molecule has 0 atom stereocenters. The van der Waals surface area contributed by atoms with Gasteiger partial charge in [-0.3, -0.25) is 0 Å². The predicted octanol–water partition coefficient (Wildman–Crippen LogP) is 2.18. The van der Waals surface area contributed by atoms with E-state index in [1.54, 1.807) is 6.20 Å². The van der Waals surface area contributed by atoms with Gasteiger partial charge in [-0.2, -0.15) is 0 Å². The zero-order valence-corrected chi connectivity index (χ0v) is 9.52. The second kappa shape index (κ2) is 5.51. The number of hydrogen-bond acceptors (Lipinski definition) is 3. The Balaban J connectivity index is 1.76. The second-order valence-corrected chi connectivity index (χ2v) is 3.84. The van der Waals surface area contributed by atoms with Crippen molar-refractivity contribution in [3.63, 3.8) is 0 Å². The molecule has 0 saturated carbocycles. The molecule has 0 aliphatic rings. The van der Waals surface area contributed by atoms with E-state index in [0.29, 0.717) is 0 Å². The van der Waals surface area contributed by atoms with Gasteiger partial charge in [0.25, 0.3) is 0 Å². The smallest absolute Gasteiger partial charge is 0.150 e. The Hall–Kier alpha value is -1.55. The molecule has 2 rings (SSSR count). The Morgan fingerprint density at radius 2 is 2.31 bits per heavy atom. The van der Waals surface area contributed by atoms with Gasteiger partial charge in [-0.15, -0.1) is 0 Å². The van der Waals surface area contributed by atoms with Crippen molar-refractivity contribution >= 4 is 0 Å².